The highest BCUT2D eigenvalue weighted by Gasteiger charge is 2.24. The Bertz CT molecular complexity index is 459. The zero-order valence-corrected chi connectivity index (χ0v) is 12.4. The molecule has 20 heavy (non-hydrogen) atoms. The van der Waals surface area contributed by atoms with Gasteiger partial charge in [-0.1, -0.05) is 6.07 Å². The van der Waals surface area contributed by atoms with Crippen molar-refractivity contribution in [1.29, 1.82) is 0 Å². The van der Waals surface area contributed by atoms with Gasteiger partial charge in [-0.05, 0) is 32.9 Å². The summed E-state index contributed by atoms with van der Waals surface area (Å²) in [5.41, 5.74) is -0.665. The zero-order valence-electron chi connectivity index (χ0n) is 11.6. The third kappa shape index (κ3) is 6.42. The predicted octanol–water partition coefficient (Wildman–Crippen LogP) is 2.15. The highest BCUT2D eigenvalue weighted by molar-refractivity contribution is 7.99. The van der Waals surface area contributed by atoms with Crippen LogP contribution < -0.4 is 5.32 Å². The average molecular weight is 298 g/mol. The molecule has 1 rings (SSSR count). The van der Waals surface area contributed by atoms with Gasteiger partial charge in [-0.3, -0.25) is 0 Å². The molecule has 1 amide bonds. The van der Waals surface area contributed by atoms with Crippen LogP contribution in [0.15, 0.2) is 29.4 Å². The van der Waals surface area contributed by atoms with E-state index in [2.05, 4.69) is 10.3 Å². The minimum atomic E-state index is -1.11. The molecule has 0 aliphatic carbocycles. The molecule has 0 spiro atoms. The van der Waals surface area contributed by atoms with Gasteiger partial charge in [0.25, 0.3) is 0 Å². The summed E-state index contributed by atoms with van der Waals surface area (Å²) in [6.07, 6.45) is 0.880. The fourth-order valence-electron chi connectivity index (χ4n) is 1.23. The van der Waals surface area contributed by atoms with Crippen LogP contribution in [0.4, 0.5) is 4.79 Å². The van der Waals surface area contributed by atoms with Crippen LogP contribution in [0.25, 0.3) is 0 Å². The van der Waals surface area contributed by atoms with E-state index in [4.69, 9.17) is 9.84 Å². The van der Waals surface area contributed by atoms with Crippen LogP contribution in [0.3, 0.4) is 0 Å². The van der Waals surface area contributed by atoms with E-state index in [-0.39, 0.29) is 5.75 Å². The monoisotopic (exact) mass is 298 g/mol. The lowest BCUT2D eigenvalue weighted by molar-refractivity contribution is -0.138. The number of hydrogen-bond donors (Lipinski definition) is 2. The molecule has 0 saturated carbocycles. The van der Waals surface area contributed by atoms with Crippen LogP contribution in [0, 0.1) is 0 Å². The minimum absolute atomic E-state index is 0.172. The zero-order chi connectivity index (χ0) is 15.2. The molecule has 0 saturated heterocycles. The molecule has 1 heterocycles. The summed E-state index contributed by atoms with van der Waals surface area (Å²) < 4.78 is 5.03. The number of aromatic nitrogens is 1. The third-order valence-electron chi connectivity index (χ3n) is 2.02. The number of nitrogens with one attached hydrogen (secondary N) is 1. The number of thioether (sulfide) groups is 1. The first-order chi connectivity index (χ1) is 9.28. The molecule has 7 heteroatoms. The van der Waals surface area contributed by atoms with Crippen molar-refractivity contribution in [3.63, 3.8) is 0 Å². The van der Waals surface area contributed by atoms with Crippen LogP contribution in [0.1, 0.15) is 20.8 Å². The first-order valence-electron chi connectivity index (χ1n) is 6.04. The number of ether oxygens (including phenoxy) is 1. The summed E-state index contributed by atoms with van der Waals surface area (Å²) in [6, 6.07) is 4.33. The van der Waals surface area contributed by atoms with Crippen molar-refractivity contribution in [3.05, 3.63) is 24.4 Å². The number of rotatable bonds is 5. The van der Waals surface area contributed by atoms with E-state index in [1.807, 2.05) is 6.07 Å². The summed E-state index contributed by atoms with van der Waals surface area (Å²) >= 11 is 1.25. The lowest BCUT2D eigenvalue weighted by Crippen LogP contribution is -2.44. The average Bonchev–Trinajstić information content (AvgIpc) is 2.33. The van der Waals surface area contributed by atoms with Gasteiger partial charge in [0, 0.05) is 11.9 Å². The second kappa shape index (κ2) is 7.14. The number of carbonyl (C=O) groups excluding carboxylic acids is 1. The first kappa shape index (κ1) is 16.3. The van der Waals surface area contributed by atoms with Gasteiger partial charge in [-0.25, -0.2) is 14.6 Å². The smallest absolute Gasteiger partial charge is 0.408 e. The van der Waals surface area contributed by atoms with Crippen molar-refractivity contribution in [2.75, 3.05) is 5.75 Å². The Hall–Kier alpha value is -1.76. The number of carbonyl (C=O) groups is 2. The number of carboxylic acids is 1. The Balaban J connectivity index is 2.53. The van der Waals surface area contributed by atoms with Gasteiger partial charge in [0.2, 0.25) is 0 Å². The fraction of sp³-hybridized carbons (Fsp3) is 0.462. The lowest BCUT2D eigenvalue weighted by atomic mass is 10.2. The minimum Gasteiger partial charge on any atom is -0.480 e. The molecule has 2 N–H and O–H groups in total. The number of carboxylic acid groups (broad SMARTS) is 1. The third-order valence-corrected chi connectivity index (χ3v) is 3.06. The predicted molar refractivity (Wildman–Crippen MR) is 75.8 cm³/mol. The highest BCUT2D eigenvalue weighted by Crippen LogP contribution is 2.15. The van der Waals surface area contributed by atoms with E-state index >= 15 is 0 Å². The fourth-order valence-corrected chi connectivity index (χ4v) is 2.10. The SMILES string of the molecule is CC(C)(C)OC(=O)NC(CSc1ccccn1)C(=O)O. The number of pyridine rings is 1. The van der Waals surface area contributed by atoms with E-state index in [1.165, 1.54) is 11.8 Å². The number of nitrogens with zero attached hydrogens (tertiary/aromatic N) is 1. The normalized spacial score (nSPS) is 12.6. The molecule has 1 atom stereocenters. The molecule has 0 aromatic carbocycles. The Morgan fingerprint density at radius 2 is 2.15 bits per heavy atom. The van der Waals surface area contributed by atoms with Crippen LogP contribution >= 0.6 is 11.8 Å². The van der Waals surface area contributed by atoms with E-state index < -0.39 is 23.7 Å². The molecule has 6 nitrogen and oxygen atoms in total. The molecule has 0 radical (unpaired) electrons. The van der Waals surface area contributed by atoms with Crippen LogP contribution in [0.5, 0.6) is 0 Å². The molecule has 0 fully saturated rings. The maximum atomic E-state index is 11.6. The van der Waals surface area contributed by atoms with Gasteiger partial charge in [0.05, 0.1) is 5.03 Å². The largest absolute Gasteiger partial charge is 0.480 e. The molecule has 0 aliphatic rings. The van der Waals surface area contributed by atoms with Gasteiger partial charge in [-0.2, -0.15) is 0 Å². The van der Waals surface area contributed by atoms with Gasteiger partial charge in [0.15, 0.2) is 0 Å². The number of alkyl carbamates (subject to hydrolysis) is 1. The van der Waals surface area contributed by atoms with Crippen LogP contribution in [0.2, 0.25) is 0 Å². The Morgan fingerprint density at radius 1 is 1.45 bits per heavy atom. The Labute approximate surface area is 121 Å². The van der Waals surface area contributed by atoms with Crippen LogP contribution in [-0.4, -0.2) is 39.5 Å². The van der Waals surface area contributed by atoms with Crippen molar-refractivity contribution in [2.45, 2.75) is 37.4 Å². The first-order valence-corrected chi connectivity index (χ1v) is 7.02. The molecular weight excluding hydrogens is 280 g/mol. The van der Waals surface area contributed by atoms with Crippen molar-refractivity contribution >= 4 is 23.8 Å². The van der Waals surface area contributed by atoms with E-state index in [0.717, 1.165) is 0 Å². The van der Waals surface area contributed by atoms with Crippen molar-refractivity contribution in [2.24, 2.45) is 0 Å². The molecule has 110 valence electrons. The molecule has 1 unspecified atom stereocenters. The van der Waals surface area contributed by atoms with Gasteiger partial charge >= 0.3 is 12.1 Å². The van der Waals surface area contributed by atoms with E-state index in [9.17, 15) is 9.59 Å². The topological polar surface area (TPSA) is 88.5 Å². The van der Waals surface area contributed by atoms with E-state index in [0.29, 0.717) is 5.03 Å². The van der Waals surface area contributed by atoms with Crippen LogP contribution in [-0.2, 0) is 9.53 Å². The van der Waals surface area contributed by atoms with Crippen molar-refractivity contribution in [3.8, 4) is 0 Å². The maximum absolute atomic E-state index is 11.6. The molecule has 0 bridgehead atoms. The Morgan fingerprint density at radius 3 is 2.65 bits per heavy atom. The summed E-state index contributed by atoms with van der Waals surface area (Å²) in [7, 11) is 0. The molecule has 1 aromatic heterocycles. The summed E-state index contributed by atoms with van der Waals surface area (Å²) in [6.45, 7) is 5.14. The van der Waals surface area contributed by atoms with Gasteiger partial charge in [-0.15, -0.1) is 11.8 Å². The summed E-state index contributed by atoms with van der Waals surface area (Å²) in [5.74, 6) is -0.940. The van der Waals surface area contributed by atoms with Crippen molar-refractivity contribution in [1.82, 2.24) is 10.3 Å². The van der Waals surface area contributed by atoms with Crippen molar-refractivity contribution < 1.29 is 19.4 Å². The van der Waals surface area contributed by atoms with Gasteiger partial charge in [0.1, 0.15) is 11.6 Å². The number of aliphatic carboxylic acids is 1. The summed E-state index contributed by atoms with van der Waals surface area (Å²) in [4.78, 5) is 26.8. The lowest BCUT2D eigenvalue weighted by Gasteiger charge is -2.21. The Kier molecular flexibility index (Phi) is 5.82. The quantitative estimate of drug-likeness (QED) is 0.810. The molecule has 1 aromatic rings. The number of hydrogen-bond acceptors (Lipinski definition) is 5. The summed E-state index contributed by atoms with van der Waals surface area (Å²) in [5, 5.41) is 12.1. The second-order valence-electron chi connectivity index (χ2n) is 5.02. The second-order valence-corrected chi connectivity index (χ2v) is 6.06. The standard InChI is InChI=1S/C13H18N2O4S/c1-13(2,3)19-12(18)15-9(11(16)17)8-20-10-6-4-5-7-14-10/h4-7,9H,8H2,1-3H3,(H,15,18)(H,16,17). The van der Waals surface area contributed by atoms with Gasteiger partial charge < -0.3 is 15.2 Å². The molecule has 0 aliphatic heterocycles. The maximum Gasteiger partial charge on any atom is 0.408 e. The van der Waals surface area contributed by atoms with E-state index in [1.54, 1.807) is 39.1 Å². The highest BCUT2D eigenvalue weighted by atomic mass is 32.2. The number of amides is 1. The molecular formula is C13H18N2O4S.